The quantitative estimate of drug-likeness (QED) is 0.204. The molecule has 6 nitrogen and oxygen atoms in total. The van der Waals surface area contributed by atoms with Gasteiger partial charge in [-0.2, -0.15) is 0 Å². The summed E-state index contributed by atoms with van der Waals surface area (Å²) in [6.07, 6.45) is 3.08. The zero-order valence-corrected chi connectivity index (χ0v) is 26.1. The molecule has 0 saturated heterocycles. The number of nitrogens with one attached hydrogen (secondary N) is 2. The van der Waals surface area contributed by atoms with Crippen LogP contribution in [0.4, 0.5) is 0 Å². The smallest absolute Gasteiger partial charge is 0.167 e. The Balaban J connectivity index is 2.22. The van der Waals surface area contributed by atoms with E-state index in [-0.39, 0.29) is 34.5 Å². The molecular formula is C34H52N2O4. The Labute approximate surface area is 242 Å². The van der Waals surface area contributed by atoms with E-state index in [1.165, 1.54) is 0 Å². The predicted molar refractivity (Wildman–Crippen MR) is 165 cm³/mol. The molecule has 6 heteroatoms. The average Bonchev–Trinajstić information content (AvgIpc) is 2.91. The molecule has 0 aromatic heterocycles. The van der Waals surface area contributed by atoms with E-state index in [1.54, 1.807) is 0 Å². The van der Waals surface area contributed by atoms with Crippen LogP contribution < -0.4 is 20.1 Å². The second-order valence-corrected chi connectivity index (χ2v) is 12.7. The van der Waals surface area contributed by atoms with E-state index in [4.69, 9.17) is 9.47 Å². The monoisotopic (exact) mass is 552 g/mol. The van der Waals surface area contributed by atoms with Crippen LogP contribution in [0.3, 0.4) is 0 Å². The van der Waals surface area contributed by atoms with Crippen molar-refractivity contribution in [1.82, 2.24) is 10.6 Å². The Morgan fingerprint density at radius 1 is 0.625 bits per heavy atom. The first kappa shape index (κ1) is 33.5. The minimum Gasteiger partial charge on any atom is -0.494 e. The van der Waals surface area contributed by atoms with Crippen LogP contribution in [-0.2, 0) is 0 Å². The van der Waals surface area contributed by atoms with Crippen LogP contribution in [0, 0.1) is 11.8 Å². The Bertz CT molecular complexity index is 948. The third-order valence-electron chi connectivity index (χ3n) is 6.59. The standard InChI is InChI=1S/C34H52N2O4/c1-9-21-39-29-17-13-25(14-18-29)31(37)27(23-35-33(3,4)5)11-12-28(24-36-34(6,7)8)32(38)26-15-19-30(20-16-26)40-22-10-2/h13-20,27-28,35-36H,9-12,21-24H2,1-8H3. The number of hydrogen-bond acceptors (Lipinski definition) is 6. The van der Waals surface area contributed by atoms with Crippen molar-refractivity contribution in [2.75, 3.05) is 26.3 Å². The first-order chi connectivity index (χ1) is 18.8. The Hall–Kier alpha value is -2.70. The van der Waals surface area contributed by atoms with Crippen LogP contribution in [0.2, 0.25) is 0 Å². The van der Waals surface area contributed by atoms with Crippen molar-refractivity contribution in [3.8, 4) is 11.5 Å². The molecule has 40 heavy (non-hydrogen) atoms. The van der Waals surface area contributed by atoms with Gasteiger partial charge in [-0.05, 0) is 116 Å². The summed E-state index contributed by atoms with van der Waals surface area (Å²) < 4.78 is 11.4. The first-order valence-electron chi connectivity index (χ1n) is 14.9. The van der Waals surface area contributed by atoms with E-state index in [0.717, 1.165) is 24.3 Å². The van der Waals surface area contributed by atoms with Gasteiger partial charge in [0.15, 0.2) is 11.6 Å². The van der Waals surface area contributed by atoms with Gasteiger partial charge in [0.05, 0.1) is 13.2 Å². The molecule has 0 spiro atoms. The summed E-state index contributed by atoms with van der Waals surface area (Å²) in [5.41, 5.74) is 1.09. The number of hydrogen-bond donors (Lipinski definition) is 2. The second kappa shape index (κ2) is 15.9. The number of Topliss-reactive ketones (excluding diaryl/α,β-unsaturated/α-hetero) is 2. The molecule has 0 aliphatic carbocycles. The van der Waals surface area contributed by atoms with E-state index in [0.29, 0.717) is 50.3 Å². The normalized spacial score (nSPS) is 13.5. The molecule has 0 fully saturated rings. The summed E-state index contributed by atoms with van der Waals surface area (Å²) >= 11 is 0. The lowest BCUT2D eigenvalue weighted by atomic mass is 9.85. The van der Waals surface area contributed by atoms with Crippen LogP contribution in [0.25, 0.3) is 0 Å². The van der Waals surface area contributed by atoms with Gasteiger partial charge in [-0.25, -0.2) is 0 Å². The lowest BCUT2D eigenvalue weighted by Gasteiger charge is -2.28. The number of carbonyl (C=O) groups is 2. The highest BCUT2D eigenvalue weighted by atomic mass is 16.5. The predicted octanol–water partition coefficient (Wildman–Crippen LogP) is 7.12. The van der Waals surface area contributed by atoms with Gasteiger partial charge in [-0.1, -0.05) is 13.8 Å². The Morgan fingerprint density at radius 3 is 1.23 bits per heavy atom. The fourth-order valence-corrected chi connectivity index (χ4v) is 4.25. The van der Waals surface area contributed by atoms with Crippen molar-refractivity contribution in [3.63, 3.8) is 0 Å². The minimum absolute atomic E-state index is 0.0891. The van der Waals surface area contributed by atoms with Crippen LogP contribution in [0.15, 0.2) is 48.5 Å². The Kier molecular flexibility index (Phi) is 13.3. The van der Waals surface area contributed by atoms with Crippen molar-refractivity contribution in [3.05, 3.63) is 59.7 Å². The largest absolute Gasteiger partial charge is 0.494 e. The van der Waals surface area contributed by atoms with Crippen LogP contribution in [0.1, 0.15) is 102 Å². The van der Waals surface area contributed by atoms with Gasteiger partial charge in [-0.15, -0.1) is 0 Å². The molecule has 0 radical (unpaired) electrons. The van der Waals surface area contributed by atoms with Crippen LogP contribution in [-0.4, -0.2) is 48.9 Å². The average molecular weight is 553 g/mol. The third-order valence-corrected chi connectivity index (χ3v) is 6.59. The topological polar surface area (TPSA) is 76.7 Å². The summed E-state index contributed by atoms with van der Waals surface area (Å²) in [5, 5.41) is 7.03. The molecule has 222 valence electrons. The van der Waals surface area contributed by atoms with Crippen molar-refractivity contribution in [2.24, 2.45) is 11.8 Å². The highest BCUT2D eigenvalue weighted by molar-refractivity contribution is 5.99. The van der Waals surface area contributed by atoms with Gasteiger partial charge in [0.25, 0.3) is 0 Å². The SMILES string of the molecule is CCCOc1ccc(C(=O)C(CCC(CNC(C)(C)C)C(=O)c2ccc(OCCC)cc2)CNC(C)(C)C)cc1. The maximum Gasteiger partial charge on any atom is 0.167 e. The number of carbonyl (C=O) groups excluding carboxylic acids is 2. The molecule has 2 atom stereocenters. The molecule has 2 aromatic rings. The van der Waals surface area contributed by atoms with Gasteiger partial charge in [0.2, 0.25) is 0 Å². The van der Waals surface area contributed by atoms with E-state index >= 15 is 0 Å². The fraction of sp³-hybridized carbons (Fsp3) is 0.588. The lowest BCUT2D eigenvalue weighted by molar-refractivity contribution is 0.0858. The summed E-state index contributed by atoms with van der Waals surface area (Å²) in [4.78, 5) is 27.4. The summed E-state index contributed by atoms with van der Waals surface area (Å²) in [6.45, 7) is 19.1. The number of benzene rings is 2. The van der Waals surface area contributed by atoms with E-state index in [2.05, 4.69) is 66.0 Å². The zero-order chi connectivity index (χ0) is 29.8. The molecule has 2 unspecified atom stereocenters. The summed E-state index contributed by atoms with van der Waals surface area (Å²) in [5.74, 6) is 1.21. The highest BCUT2D eigenvalue weighted by Gasteiger charge is 2.27. The number of ketones is 2. The number of rotatable bonds is 17. The maximum absolute atomic E-state index is 13.7. The highest BCUT2D eigenvalue weighted by Crippen LogP contribution is 2.24. The van der Waals surface area contributed by atoms with Crippen molar-refractivity contribution >= 4 is 11.6 Å². The fourth-order valence-electron chi connectivity index (χ4n) is 4.25. The van der Waals surface area contributed by atoms with Crippen molar-refractivity contribution < 1.29 is 19.1 Å². The zero-order valence-electron chi connectivity index (χ0n) is 26.1. The molecule has 0 saturated carbocycles. The van der Waals surface area contributed by atoms with E-state index < -0.39 is 0 Å². The van der Waals surface area contributed by atoms with Gasteiger partial charge in [0, 0.05) is 47.1 Å². The first-order valence-corrected chi connectivity index (χ1v) is 14.9. The third kappa shape index (κ3) is 12.2. The van der Waals surface area contributed by atoms with Gasteiger partial charge < -0.3 is 20.1 Å². The van der Waals surface area contributed by atoms with E-state index in [9.17, 15) is 9.59 Å². The molecule has 2 aromatic carbocycles. The van der Waals surface area contributed by atoms with Gasteiger partial charge >= 0.3 is 0 Å². The van der Waals surface area contributed by atoms with Crippen LogP contribution >= 0.6 is 0 Å². The van der Waals surface area contributed by atoms with Crippen molar-refractivity contribution in [2.45, 2.75) is 92.2 Å². The van der Waals surface area contributed by atoms with Crippen molar-refractivity contribution in [1.29, 1.82) is 0 Å². The maximum atomic E-state index is 13.7. The minimum atomic E-state index is -0.253. The van der Waals surface area contributed by atoms with Gasteiger partial charge in [-0.3, -0.25) is 9.59 Å². The van der Waals surface area contributed by atoms with Crippen LogP contribution in [0.5, 0.6) is 11.5 Å². The Morgan fingerprint density at radius 2 is 0.950 bits per heavy atom. The summed E-state index contributed by atoms with van der Waals surface area (Å²) in [7, 11) is 0. The molecule has 0 amide bonds. The molecule has 0 aliphatic rings. The number of ether oxygens (including phenoxy) is 2. The molecule has 0 heterocycles. The molecule has 0 aliphatic heterocycles. The molecule has 0 bridgehead atoms. The summed E-state index contributed by atoms with van der Waals surface area (Å²) in [6, 6.07) is 14.9. The van der Waals surface area contributed by atoms with E-state index in [1.807, 2.05) is 48.5 Å². The second-order valence-electron chi connectivity index (χ2n) is 12.7. The lowest BCUT2D eigenvalue weighted by Crippen LogP contribution is -2.42. The van der Waals surface area contributed by atoms with Gasteiger partial charge in [0.1, 0.15) is 11.5 Å². The molecule has 2 N–H and O–H groups in total. The molecular weight excluding hydrogens is 500 g/mol. The molecule has 2 rings (SSSR count).